The Balaban J connectivity index is 1.50. The van der Waals surface area contributed by atoms with E-state index in [9.17, 15) is 0 Å². The number of pyridine rings is 1. The van der Waals surface area contributed by atoms with Crippen molar-refractivity contribution in [1.82, 2.24) is 24.5 Å². The minimum absolute atomic E-state index is 0.105. The van der Waals surface area contributed by atoms with Gasteiger partial charge in [-0.25, -0.2) is 9.97 Å². The summed E-state index contributed by atoms with van der Waals surface area (Å²) in [4.78, 5) is 21.4. The van der Waals surface area contributed by atoms with Gasteiger partial charge in [-0.1, -0.05) is 39.0 Å². The summed E-state index contributed by atoms with van der Waals surface area (Å²) in [6.07, 6.45) is 8.67. The number of fused-ring (bicyclic) bond motifs is 1. The Morgan fingerprint density at radius 2 is 1.72 bits per heavy atom. The molecule has 0 amide bonds. The van der Waals surface area contributed by atoms with Crippen molar-refractivity contribution in [2.75, 3.05) is 18.0 Å². The molecule has 1 saturated heterocycles. The van der Waals surface area contributed by atoms with E-state index in [1.54, 1.807) is 0 Å². The van der Waals surface area contributed by atoms with Crippen molar-refractivity contribution in [3.05, 3.63) is 77.0 Å². The fraction of sp³-hybridized carbons (Fsp3) is 0.467. The van der Waals surface area contributed by atoms with Crippen molar-refractivity contribution in [1.29, 1.82) is 0 Å². The van der Waals surface area contributed by atoms with Crippen molar-refractivity contribution in [3.63, 3.8) is 0 Å². The van der Waals surface area contributed by atoms with Gasteiger partial charge in [-0.2, -0.15) is 4.98 Å². The second-order valence-electron chi connectivity index (χ2n) is 11.5. The van der Waals surface area contributed by atoms with E-state index in [0.717, 1.165) is 55.2 Å². The Bertz CT molecular complexity index is 1340. The number of anilines is 1. The second kappa shape index (κ2) is 9.64. The number of piperidine rings is 1. The molecule has 1 aromatic carbocycles. The predicted octanol–water partition coefficient (Wildman–Crippen LogP) is 6.38. The molecule has 36 heavy (non-hydrogen) atoms. The molecule has 1 aliphatic rings. The van der Waals surface area contributed by atoms with Crippen molar-refractivity contribution in [3.8, 4) is 0 Å². The highest BCUT2D eigenvalue weighted by Crippen LogP contribution is 2.32. The van der Waals surface area contributed by atoms with Gasteiger partial charge in [-0.05, 0) is 79.3 Å². The zero-order valence-corrected chi connectivity index (χ0v) is 22.5. The van der Waals surface area contributed by atoms with E-state index in [-0.39, 0.29) is 5.41 Å². The molecule has 4 heterocycles. The molecule has 0 saturated carbocycles. The summed E-state index contributed by atoms with van der Waals surface area (Å²) in [6, 6.07) is 11.5. The summed E-state index contributed by atoms with van der Waals surface area (Å²) in [5.74, 6) is 1.37. The van der Waals surface area contributed by atoms with E-state index < -0.39 is 0 Å². The Morgan fingerprint density at radius 1 is 1.00 bits per heavy atom. The normalized spacial score (nSPS) is 15.2. The standard InChI is InChI=1S/C30H38N6/c1-20(2)36-19-32-28-27(36)26(18-24-17-25(30(4,5)6)8-7-21(24)3)33-29(34-28)35-15-11-23(12-16-35)22-9-13-31-14-10-22/h7-10,13-14,17,19-20,23H,11-12,15-16,18H2,1-6H3. The van der Waals surface area contributed by atoms with Gasteiger partial charge in [-0.3, -0.25) is 4.98 Å². The van der Waals surface area contributed by atoms with Gasteiger partial charge in [0.25, 0.3) is 0 Å². The number of nitrogens with zero attached hydrogens (tertiary/aromatic N) is 6. The van der Waals surface area contributed by atoms with Crippen molar-refractivity contribution in [2.45, 2.75) is 78.2 Å². The number of hydrogen-bond acceptors (Lipinski definition) is 5. The monoisotopic (exact) mass is 482 g/mol. The average Bonchev–Trinajstić information content (AvgIpc) is 3.30. The fourth-order valence-electron chi connectivity index (χ4n) is 5.22. The Morgan fingerprint density at radius 3 is 2.39 bits per heavy atom. The maximum Gasteiger partial charge on any atom is 0.227 e. The number of benzene rings is 1. The summed E-state index contributed by atoms with van der Waals surface area (Å²) in [7, 11) is 0. The van der Waals surface area contributed by atoms with Gasteiger partial charge in [0.15, 0.2) is 5.65 Å². The van der Waals surface area contributed by atoms with E-state index in [1.807, 2.05) is 18.7 Å². The lowest BCUT2D eigenvalue weighted by atomic mass is 9.84. The van der Waals surface area contributed by atoms with E-state index in [4.69, 9.17) is 15.0 Å². The van der Waals surface area contributed by atoms with Gasteiger partial charge < -0.3 is 9.47 Å². The fourth-order valence-corrected chi connectivity index (χ4v) is 5.22. The van der Waals surface area contributed by atoms with Gasteiger partial charge in [0.05, 0.1) is 12.0 Å². The quantitative estimate of drug-likeness (QED) is 0.330. The molecule has 1 fully saturated rings. The highest BCUT2D eigenvalue weighted by atomic mass is 15.3. The van der Waals surface area contributed by atoms with E-state index in [2.05, 4.69) is 86.3 Å². The molecule has 188 valence electrons. The molecule has 0 spiro atoms. The molecule has 0 bridgehead atoms. The molecule has 0 radical (unpaired) electrons. The summed E-state index contributed by atoms with van der Waals surface area (Å²) >= 11 is 0. The largest absolute Gasteiger partial charge is 0.341 e. The van der Waals surface area contributed by atoms with Crippen LogP contribution in [-0.4, -0.2) is 37.6 Å². The van der Waals surface area contributed by atoms with E-state index in [1.165, 1.54) is 22.3 Å². The molecule has 6 nitrogen and oxygen atoms in total. The van der Waals surface area contributed by atoms with Crippen LogP contribution < -0.4 is 4.90 Å². The lowest BCUT2D eigenvalue weighted by Crippen LogP contribution is -2.34. The van der Waals surface area contributed by atoms with Crippen LogP contribution in [-0.2, 0) is 11.8 Å². The third-order valence-electron chi connectivity index (χ3n) is 7.57. The minimum Gasteiger partial charge on any atom is -0.341 e. The number of aryl methyl sites for hydroxylation is 1. The van der Waals surface area contributed by atoms with Crippen LogP contribution in [0.4, 0.5) is 5.95 Å². The lowest BCUT2D eigenvalue weighted by Gasteiger charge is -2.32. The van der Waals surface area contributed by atoms with Crippen LogP contribution >= 0.6 is 0 Å². The van der Waals surface area contributed by atoms with Crippen LogP contribution in [0.1, 0.15) is 87.4 Å². The van der Waals surface area contributed by atoms with Crippen LogP contribution in [0.25, 0.3) is 11.2 Å². The second-order valence-corrected chi connectivity index (χ2v) is 11.5. The van der Waals surface area contributed by atoms with Crippen molar-refractivity contribution in [2.24, 2.45) is 0 Å². The number of aromatic nitrogens is 5. The van der Waals surface area contributed by atoms with Crippen LogP contribution in [0, 0.1) is 6.92 Å². The summed E-state index contributed by atoms with van der Waals surface area (Å²) in [5, 5.41) is 0. The highest BCUT2D eigenvalue weighted by Gasteiger charge is 2.25. The van der Waals surface area contributed by atoms with Gasteiger partial charge in [0.2, 0.25) is 5.95 Å². The maximum atomic E-state index is 5.21. The first kappa shape index (κ1) is 24.4. The molecule has 0 unspecified atom stereocenters. The minimum atomic E-state index is 0.105. The average molecular weight is 483 g/mol. The van der Waals surface area contributed by atoms with Crippen molar-refractivity contribution >= 4 is 17.1 Å². The van der Waals surface area contributed by atoms with E-state index >= 15 is 0 Å². The summed E-state index contributed by atoms with van der Waals surface area (Å²) < 4.78 is 2.22. The first-order chi connectivity index (χ1) is 17.2. The zero-order chi connectivity index (χ0) is 25.4. The number of hydrogen-bond donors (Lipinski definition) is 0. The van der Waals surface area contributed by atoms with Gasteiger partial charge in [0, 0.05) is 37.9 Å². The van der Waals surface area contributed by atoms with Crippen LogP contribution in [0.3, 0.4) is 0 Å². The molecule has 5 rings (SSSR count). The van der Waals surface area contributed by atoms with E-state index in [0.29, 0.717) is 12.0 Å². The first-order valence-electron chi connectivity index (χ1n) is 13.2. The molecule has 1 aliphatic heterocycles. The molecule has 4 aromatic rings. The number of rotatable bonds is 5. The summed E-state index contributed by atoms with van der Waals surface area (Å²) in [5.41, 5.74) is 8.37. The van der Waals surface area contributed by atoms with Crippen LogP contribution in [0.15, 0.2) is 49.1 Å². The van der Waals surface area contributed by atoms with Gasteiger partial charge in [-0.15, -0.1) is 0 Å². The molecule has 0 aliphatic carbocycles. The molecular formula is C30H38N6. The smallest absolute Gasteiger partial charge is 0.227 e. The first-order valence-corrected chi connectivity index (χ1v) is 13.2. The van der Waals surface area contributed by atoms with Crippen molar-refractivity contribution < 1.29 is 0 Å². The molecular weight excluding hydrogens is 444 g/mol. The number of imidazole rings is 1. The Labute approximate surface area is 214 Å². The Hall–Kier alpha value is -3.28. The topological polar surface area (TPSA) is 59.7 Å². The third-order valence-corrected chi connectivity index (χ3v) is 7.57. The zero-order valence-electron chi connectivity index (χ0n) is 22.5. The molecule has 0 atom stereocenters. The van der Waals surface area contributed by atoms with Crippen LogP contribution in [0.2, 0.25) is 0 Å². The summed E-state index contributed by atoms with van der Waals surface area (Å²) in [6.45, 7) is 15.3. The van der Waals surface area contributed by atoms with Gasteiger partial charge >= 0.3 is 0 Å². The maximum absolute atomic E-state index is 5.21. The molecule has 6 heteroatoms. The Kier molecular flexibility index (Phi) is 6.54. The highest BCUT2D eigenvalue weighted by molar-refractivity contribution is 5.76. The van der Waals surface area contributed by atoms with Gasteiger partial charge in [0.1, 0.15) is 5.52 Å². The lowest BCUT2D eigenvalue weighted by molar-refractivity contribution is 0.499. The predicted molar refractivity (Wildman–Crippen MR) is 147 cm³/mol. The molecule has 3 aromatic heterocycles. The molecule has 0 N–H and O–H groups in total. The SMILES string of the molecule is Cc1ccc(C(C)(C)C)cc1Cc1nc(N2CCC(c3ccncc3)CC2)nc2ncn(C(C)C)c12. The third kappa shape index (κ3) is 4.86. The van der Waals surface area contributed by atoms with Crippen LogP contribution in [0.5, 0.6) is 0 Å².